The van der Waals surface area contributed by atoms with Gasteiger partial charge in [0.2, 0.25) is 0 Å². The highest BCUT2D eigenvalue weighted by atomic mass is 16.3. The highest BCUT2D eigenvalue weighted by molar-refractivity contribution is 5.79. The van der Waals surface area contributed by atoms with Gasteiger partial charge in [0.1, 0.15) is 11.6 Å². The van der Waals surface area contributed by atoms with Crippen LogP contribution in [0.4, 0.5) is 0 Å². The first-order valence-corrected chi connectivity index (χ1v) is 8.20. The summed E-state index contributed by atoms with van der Waals surface area (Å²) in [4.78, 5) is 8.85. The van der Waals surface area contributed by atoms with E-state index in [1.807, 2.05) is 16.8 Å². The third-order valence-corrected chi connectivity index (χ3v) is 4.03. The lowest BCUT2D eigenvalue weighted by atomic mass is 10.1. The van der Waals surface area contributed by atoms with Gasteiger partial charge in [0.25, 0.3) is 0 Å². The Bertz CT molecular complexity index is 646. The number of furan rings is 1. The summed E-state index contributed by atoms with van der Waals surface area (Å²) in [5.74, 6) is 3.83. The minimum atomic E-state index is 0.323. The monoisotopic (exact) mass is 316 g/mol. The number of hydrogen-bond acceptors (Lipinski definition) is 4. The van der Waals surface area contributed by atoms with Crippen molar-refractivity contribution >= 4 is 5.96 Å². The van der Waals surface area contributed by atoms with E-state index in [0.717, 1.165) is 62.1 Å². The first-order valence-electron chi connectivity index (χ1n) is 8.20. The fourth-order valence-corrected chi connectivity index (χ4v) is 2.78. The van der Waals surface area contributed by atoms with E-state index in [2.05, 4.69) is 32.6 Å². The first-order chi connectivity index (χ1) is 11.3. The third kappa shape index (κ3) is 3.91. The summed E-state index contributed by atoms with van der Waals surface area (Å²) in [6, 6.07) is 4.21. The number of aromatic nitrogens is 3. The molecule has 124 valence electrons. The fourth-order valence-electron chi connectivity index (χ4n) is 2.78. The zero-order chi connectivity index (χ0) is 16.1. The molecule has 0 spiro atoms. The van der Waals surface area contributed by atoms with Gasteiger partial charge in [-0.3, -0.25) is 4.99 Å². The zero-order valence-electron chi connectivity index (χ0n) is 13.7. The van der Waals surface area contributed by atoms with E-state index in [0.29, 0.717) is 6.04 Å². The summed E-state index contributed by atoms with van der Waals surface area (Å²) in [6.45, 7) is 3.71. The highest BCUT2D eigenvalue weighted by Crippen LogP contribution is 2.13. The largest absolute Gasteiger partial charge is 0.469 e. The molecular formula is C16H24N6O. The quantitative estimate of drug-likeness (QED) is 0.639. The summed E-state index contributed by atoms with van der Waals surface area (Å²) in [7, 11) is 1.79. The summed E-state index contributed by atoms with van der Waals surface area (Å²) in [5, 5.41) is 11.3. The van der Waals surface area contributed by atoms with Crippen LogP contribution in [0.3, 0.4) is 0 Å². The molecule has 1 atom stereocenters. The smallest absolute Gasteiger partial charge is 0.191 e. The van der Waals surface area contributed by atoms with Crippen molar-refractivity contribution in [2.24, 2.45) is 4.99 Å². The summed E-state index contributed by atoms with van der Waals surface area (Å²) in [6.07, 6.45) is 5.42. The van der Waals surface area contributed by atoms with Gasteiger partial charge in [-0.25, -0.2) is 9.67 Å². The zero-order valence-corrected chi connectivity index (χ0v) is 13.7. The van der Waals surface area contributed by atoms with Crippen LogP contribution in [0, 0.1) is 0 Å². The molecule has 0 saturated carbocycles. The van der Waals surface area contributed by atoms with E-state index in [4.69, 9.17) is 4.42 Å². The Hall–Kier alpha value is -2.31. The minimum absolute atomic E-state index is 0.323. The Balaban J connectivity index is 1.49. The number of fused-ring (bicyclic) bond motifs is 1. The average Bonchev–Trinajstić information content (AvgIpc) is 3.22. The predicted molar refractivity (Wildman–Crippen MR) is 88.4 cm³/mol. The molecule has 1 unspecified atom stereocenters. The topological polar surface area (TPSA) is 80.3 Å². The molecule has 2 aromatic rings. The lowest BCUT2D eigenvalue weighted by Crippen LogP contribution is -2.47. The van der Waals surface area contributed by atoms with E-state index in [9.17, 15) is 0 Å². The van der Waals surface area contributed by atoms with E-state index in [-0.39, 0.29) is 0 Å². The number of guanidine groups is 1. The van der Waals surface area contributed by atoms with Crippen molar-refractivity contribution in [2.75, 3.05) is 13.6 Å². The van der Waals surface area contributed by atoms with Gasteiger partial charge in [0.05, 0.1) is 12.8 Å². The van der Waals surface area contributed by atoms with E-state index >= 15 is 0 Å². The van der Waals surface area contributed by atoms with Crippen molar-refractivity contribution < 1.29 is 4.42 Å². The van der Waals surface area contributed by atoms with Crippen LogP contribution in [0.5, 0.6) is 0 Å². The molecule has 0 bridgehead atoms. The van der Waals surface area contributed by atoms with Crippen LogP contribution in [0.1, 0.15) is 30.8 Å². The van der Waals surface area contributed by atoms with E-state index in [1.165, 1.54) is 0 Å². The first kappa shape index (κ1) is 15.6. The fraction of sp³-hybridized carbons (Fsp3) is 0.562. The van der Waals surface area contributed by atoms with Crippen LogP contribution in [0.25, 0.3) is 0 Å². The van der Waals surface area contributed by atoms with Crippen LogP contribution in [-0.4, -0.2) is 40.4 Å². The second-order valence-corrected chi connectivity index (χ2v) is 5.69. The molecule has 2 N–H and O–H groups in total. The number of rotatable bonds is 5. The lowest BCUT2D eigenvalue weighted by molar-refractivity contribution is 0.392. The molecule has 23 heavy (non-hydrogen) atoms. The van der Waals surface area contributed by atoms with E-state index in [1.54, 1.807) is 13.3 Å². The molecular weight excluding hydrogens is 292 g/mol. The molecule has 1 aliphatic heterocycles. The highest BCUT2D eigenvalue weighted by Gasteiger charge is 2.21. The molecule has 3 rings (SSSR count). The summed E-state index contributed by atoms with van der Waals surface area (Å²) >= 11 is 0. The van der Waals surface area contributed by atoms with Gasteiger partial charge in [-0.2, -0.15) is 5.10 Å². The van der Waals surface area contributed by atoms with Crippen molar-refractivity contribution in [3.8, 4) is 0 Å². The predicted octanol–water partition coefficient (Wildman–Crippen LogP) is 1.16. The maximum Gasteiger partial charge on any atom is 0.191 e. The SMILES string of the molecule is CCc1nc2n(n1)CC(NC(=NC)NCCc1ccco1)CC2. The van der Waals surface area contributed by atoms with Gasteiger partial charge in [0.15, 0.2) is 11.8 Å². The van der Waals surface area contributed by atoms with Crippen LogP contribution in [-0.2, 0) is 25.8 Å². The normalized spacial score (nSPS) is 17.8. The van der Waals surface area contributed by atoms with Crippen molar-refractivity contribution in [2.45, 2.75) is 45.2 Å². The molecule has 0 fully saturated rings. The maximum absolute atomic E-state index is 5.33. The van der Waals surface area contributed by atoms with Crippen molar-refractivity contribution in [3.05, 3.63) is 35.8 Å². The van der Waals surface area contributed by atoms with Crippen molar-refractivity contribution in [1.29, 1.82) is 0 Å². The third-order valence-electron chi connectivity index (χ3n) is 4.03. The Morgan fingerprint density at radius 3 is 3.17 bits per heavy atom. The van der Waals surface area contributed by atoms with Crippen LogP contribution < -0.4 is 10.6 Å². The Labute approximate surface area is 136 Å². The standard InChI is InChI=1S/C16H24N6O/c1-3-14-20-15-7-6-12(11-22(15)21-14)19-16(17-2)18-9-8-13-5-4-10-23-13/h4-5,10,12H,3,6-9,11H2,1-2H3,(H2,17,18,19). The molecule has 3 heterocycles. The number of aliphatic imine (C=N–C) groups is 1. The number of nitrogens with one attached hydrogen (secondary N) is 2. The molecule has 0 radical (unpaired) electrons. The number of hydrogen-bond donors (Lipinski definition) is 2. The summed E-state index contributed by atoms with van der Waals surface area (Å²) in [5.41, 5.74) is 0. The summed E-state index contributed by atoms with van der Waals surface area (Å²) < 4.78 is 7.36. The number of nitrogens with zero attached hydrogens (tertiary/aromatic N) is 4. The van der Waals surface area contributed by atoms with Crippen LogP contribution in [0.15, 0.2) is 27.8 Å². The van der Waals surface area contributed by atoms with E-state index < -0.39 is 0 Å². The molecule has 1 aliphatic rings. The van der Waals surface area contributed by atoms with Gasteiger partial charge in [-0.1, -0.05) is 6.92 Å². The molecule has 7 nitrogen and oxygen atoms in total. The Morgan fingerprint density at radius 2 is 2.43 bits per heavy atom. The van der Waals surface area contributed by atoms with Crippen molar-refractivity contribution in [3.63, 3.8) is 0 Å². The molecule has 2 aromatic heterocycles. The van der Waals surface area contributed by atoms with Gasteiger partial charge in [0, 0.05) is 38.9 Å². The molecule has 0 aliphatic carbocycles. The van der Waals surface area contributed by atoms with Crippen molar-refractivity contribution in [1.82, 2.24) is 25.4 Å². The average molecular weight is 316 g/mol. The van der Waals surface area contributed by atoms with Gasteiger partial charge < -0.3 is 15.1 Å². The van der Waals surface area contributed by atoms with Crippen LogP contribution >= 0.6 is 0 Å². The van der Waals surface area contributed by atoms with Crippen LogP contribution in [0.2, 0.25) is 0 Å². The number of aryl methyl sites for hydroxylation is 2. The lowest BCUT2D eigenvalue weighted by Gasteiger charge is -2.25. The van der Waals surface area contributed by atoms with Gasteiger partial charge in [-0.05, 0) is 18.6 Å². The van der Waals surface area contributed by atoms with Gasteiger partial charge >= 0.3 is 0 Å². The van der Waals surface area contributed by atoms with Gasteiger partial charge in [-0.15, -0.1) is 0 Å². The molecule has 0 amide bonds. The second kappa shape index (κ2) is 7.30. The minimum Gasteiger partial charge on any atom is -0.469 e. The Kier molecular flexibility index (Phi) is 4.95. The maximum atomic E-state index is 5.33. The molecule has 0 aromatic carbocycles. The second-order valence-electron chi connectivity index (χ2n) is 5.69. The molecule has 0 saturated heterocycles. The molecule has 7 heteroatoms. The Morgan fingerprint density at radius 1 is 1.52 bits per heavy atom.